The quantitative estimate of drug-likeness (QED) is 0.911. The van der Waals surface area contributed by atoms with Crippen LogP contribution in [0, 0.1) is 0 Å². The van der Waals surface area contributed by atoms with Crippen molar-refractivity contribution in [1.29, 1.82) is 0 Å². The van der Waals surface area contributed by atoms with Crippen LogP contribution in [-0.4, -0.2) is 13.5 Å². The van der Waals surface area contributed by atoms with Crippen molar-refractivity contribution in [2.45, 2.75) is 18.9 Å². The van der Waals surface area contributed by atoms with Crippen molar-refractivity contribution in [3.8, 4) is 5.75 Å². The lowest BCUT2D eigenvalue weighted by molar-refractivity contribution is 0.128. The average Bonchev–Trinajstić information content (AvgIpc) is 2.16. The van der Waals surface area contributed by atoms with Gasteiger partial charge in [-0.3, -0.25) is 0 Å². The minimum absolute atomic E-state index is 0. The highest BCUT2D eigenvalue weighted by Gasteiger charge is 2.17. The SMILES string of the molecule is COc1ccc(Cl)cc1[C@@H](N)CC(F)F.Cl. The Balaban J connectivity index is 0.00000225. The van der Waals surface area contributed by atoms with Gasteiger partial charge in [-0.15, -0.1) is 12.4 Å². The molecule has 1 aromatic carbocycles. The zero-order chi connectivity index (χ0) is 11.4. The van der Waals surface area contributed by atoms with Crippen molar-refractivity contribution in [2.24, 2.45) is 5.73 Å². The normalized spacial score (nSPS) is 12.1. The number of benzene rings is 1. The summed E-state index contributed by atoms with van der Waals surface area (Å²) in [4.78, 5) is 0. The van der Waals surface area contributed by atoms with Crippen molar-refractivity contribution >= 4 is 24.0 Å². The van der Waals surface area contributed by atoms with E-state index in [4.69, 9.17) is 22.1 Å². The molecule has 0 saturated heterocycles. The molecule has 1 atom stereocenters. The highest BCUT2D eigenvalue weighted by molar-refractivity contribution is 6.30. The van der Waals surface area contributed by atoms with Gasteiger partial charge >= 0.3 is 0 Å². The summed E-state index contributed by atoms with van der Waals surface area (Å²) in [6.07, 6.45) is -2.85. The Labute approximate surface area is 104 Å². The molecule has 0 heterocycles. The number of hydrogen-bond acceptors (Lipinski definition) is 2. The molecule has 0 bridgehead atoms. The summed E-state index contributed by atoms with van der Waals surface area (Å²) in [5.74, 6) is 0.479. The van der Waals surface area contributed by atoms with Gasteiger partial charge in [0, 0.05) is 23.0 Å². The highest BCUT2D eigenvalue weighted by atomic mass is 35.5. The van der Waals surface area contributed by atoms with Gasteiger partial charge in [-0.2, -0.15) is 0 Å². The third kappa shape index (κ3) is 4.12. The highest BCUT2D eigenvalue weighted by Crippen LogP contribution is 2.29. The first-order chi connectivity index (χ1) is 7.04. The van der Waals surface area contributed by atoms with E-state index in [0.29, 0.717) is 16.3 Å². The number of methoxy groups -OCH3 is 1. The van der Waals surface area contributed by atoms with Gasteiger partial charge < -0.3 is 10.5 Å². The fraction of sp³-hybridized carbons (Fsp3) is 0.400. The van der Waals surface area contributed by atoms with Crippen LogP contribution in [0.15, 0.2) is 18.2 Å². The molecule has 0 aliphatic rings. The predicted molar refractivity (Wildman–Crippen MR) is 62.8 cm³/mol. The molecule has 92 valence electrons. The summed E-state index contributed by atoms with van der Waals surface area (Å²) in [5.41, 5.74) is 6.13. The monoisotopic (exact) mass is 271 g/mol. The molecule has 2 N–H and O–H groups in total. The molecular weight excluding hydrogens is 259 g/mol. The van der Waals surface area contributed by atoms with E-state index in [0.717, 1.165) is 0 Å². The lowest BCUT2D eigenvalue weighted by Crippen LogP contribution is -2.15. The van der Waals surface area contributed by atoms with E-state index in [1.165, 1.54) is 7.11 Å². The molecular formula is C10H13Cl2F2NO. The van der Waals surface area contributed by atoms with Crippen molar-refractivity contribution in [1.82, 2.24) is 0 Å². The Morgan fingerprint density at radius 3 is 2.56 bits per heavy atom. The fourth-order valence-electron chi connectivity index (χ4n) is 1.31. The summed E-state index contributed by atoms with van der Waals surface area (Å²) < 4.78 is 29.3. The molecule has 2 nitrogen and oxygen atoms in total. The van der Waals surface area contributed by atoms with Gasteiger partial charge in [0.1, 0.15) is 5.75 Å². The second-order valence-electron chi connectivity index (χ2n) is 3.12. The van der Waals surface area contributed by atoms with Gasteiger partial charge in [-0.1, -0.05) is 11.6 Å². The molecule has 0 radical (unpaired) electrons. The number of ether oxygens (including phenoxy) is 1. The number of halogens is 4. The summed E-state index contributed by atoms with van der Waals surface area (Å²) in [7, 11) is 1.46. The van der Waals surface area contributed by atoms with Gasteiger partial charge in [0.25, 0.3) is 0 Å². The number of alkyl halides is 2. The van der Waals surface area contributed by atoms with E-state index in [9.17, 15) is 8.78 Å². The van der Waals surface area contributed by atoms with Gasteiger partial charge in [-0.25, -0.2) is 8.78 Å². The zero-order valence-corrected chi connectivity index (χ0v) is 10.2. The van der Waals surface area contributed by atoms with E-state index in [-0.39, 0.29) is 12.4 Å². The Morgan fingerprint density at radius 2 is 2.06 bits per heavy atom. The molecule has 0 unspecified atom stereocenters. The molecule has 0 fully saturated rings. The number of hydrogen-bond donors (Lipinski definition) is 1. The topological polar surface area (TPSA) is 35.2 Å². The van der Waals surface area contributed by atoms with Crippen LogP contribution >= 0.6 is 24.0 Å². The van der Waals surface area contributed by atoms with Gasteiger partial charge in [0.15, 0.2) is 0 Å². The minimum atomic E-state index is -2.44. The molecule has 6 heteroatoms. The van der Waals surface area contributed by atoms with Gasteiger partial charge in [0.2, 0.25) is 6.43 Å². The van der Waals surface area contributed by atoms with Crippen molar-refractivity contribution < 1.29 is 13.5 Å². The van der Waals surface area contributed by atoms with Gasteiger partial charge in [0.05, 0.1) is 7.11 Å². The van der Waals surface area contributed by atoms with Crippen LogP contribution in [0.3, 0.4) is 0 Å². The summed E-state index contributed by atoms with van der Waals surface area (Å²) in [5, 5.41) is 0.454. The maximum atomic E-state index is 12.2. The second-order valence-corrected chi connectivity index (χ2v) is 3.56. The minimum Gasteiger partial charge on any atom is -0.496 e. The molecule has 0 aromatic heterocycles. The lowest BCUT2D eigenvalue weighted by Gasteiger charge is -2.15. The fourth-order valence-corrected chi connectivity index (χ4v) is 1.49. The molecule has 0 aliphatic heterocycles. The summed E-state index contributed by atoms with van der Waals surface area (Å²) >= 11 is 5.76. The van der Waals surface area contributed by atoms with E-state index in [1.807, 2.05) is 0 Å². The molecule has 0 amide bonds. The molecule has 1 aromatic rings. The maximum absolute atomic E-state index is 12.2. The first-order valence-corrected chi connectivity index (χ1v) is 4.79. The van der Waals surface area contributed by atoms with Crippen LogP contribution in [0.25, 0.3) is 0 Å². The van der Waals surface area contributed by atoms with Crippen LogP contribution in [0.2, 0.25) is 5.02 Å². The molecule has 0 spiro atoms. The van der Waals surface area contributed by atoms with Crippen molar-refractivity contribution in [3.63, 3.8) is 0 Å². The van der Waals surface area contributed by atoms with E-state index in [2.05, 4.69) is 0 Å². The van der Waals surface area contributed by atoms with Crippen LogP contribution in [0.4, 0.5) is 8.78 Å². The van der Waals surface area contributed by atoms with Crippen LogP contribution in [-0.2, 0) is 0 Å². The van der Waals surface area contributed by atoms with Crippen molar-refractivity contribution in [2.75, 3.05) is 7.11 Å². The third-order valence-electron chi connectivity index (χ3n) is 2.02. The van der Waals surface area contributed by atoms with Crippen LogP contribution < -0.4 is 10.5 Å². The first kappa shape index (κ1) is 15.4. The van der Waals surface area contributed by atoms with E-state index >= 15 is 0 Å². The Kier molecular flexibility index (Phi) is 6.64. The zero-order valence-electron chi connectivity index (χ0n) is 8.62. The third-order valence-corrected chi connectivity index (χ3v) is 2.26. The average molecular weight is 272 g/mol. The van der Waals surface area contributed by atoms with Crippen molar-refractivity contribution in [3.05, 3.63) is 28.8 Å². The molecule has 1 rings (SSSR count). The first-order valence-electron chi connectivity index (χ1n) is 4.41. The standard InChI is InChI=1S/C10H12ClF2NO.ClH/c1-15-9-3-2-6(11)4-7(9)8(14)5-10(12)13;/h2-4,8,10H,5,14H2,1H3;1H/t8-;/m0./s1. The molecule has 0 saturated carbocycles. The second kappa shape index (κ2) is 6.89. The Morgan fingerprint density at radius 1 is 1.44 bits per heavy atom. The Bertz CT molecular complexity index is 337. The van der Waals surface area contributed by atoms with Crippen LogP contribution in [0.1, 0.15) is 18.0 Å². The summed E-state index contributed by atoms with van der Waals surface area (Å²) in [6, 6.07) is 4.02. The van der Waals surface area contributed by atoms with E-state index < -0.39 is 18.9 Å². The summed E-state index contributed by atoms with van der Waals surface area (Å²) in [6.45, 7) is 0. The predicted octanol–water partition coefficient (Wildman–Crippen LogP) is 3.43. The smallest absolute Gasteiger partial charge is 0.240 e. The Hall–Kier alpha value is -0.580. The number of rotatable bonds is 4. The van der Waals surface area contributed by atoms with Crippen LogP contribution in [0.5, 0.6) is 5.75 Å². The maximum Gasteiger partial charge on any atom is 0.240 e. The molecule has 0 aliphatic carbocycles. The van der Waals surface area contributed by atoms with E-state index in [1.54, 1.807) is 18.2 Å². The lowest BCUT2D eigenvalue weighted by atomic mass is 10.0. The van der Waals surface area contributed by atoms with Gasteiger partial charge in [-0.05, 0) is 18.2 Å². The molecule has 16 heavy (non-hydrogen) atoms. The number of nitrogens with two attached hydrogens (primary N) is 1. The largest absolute Gasteiger partial charge is 0.496 e.